The Balaban J connectivity index is 3.97. The first-order chi connectivity index (χ1) is 3.50. The summed E-state index contributed by atoms with van der Waals surface area (Å²) in [4.78, 5) is 0. The summed E-state index contributed by atoms with van der Waals surface area (Å²) in [5.74, 6) is 0. The van der Waals surface area contributed by atoms with Gasteiger partial charge in [0, 0.05) is 0 Å². The standard InChI is InChI=1S/C5H8ClNO/c1-4(6)5(2,8)3-7/h4,8H,1-2H3. The third-order valence-electron chi connectivity index (χ3n) is 1.00. The summed E-state index contributed by atoms with van der Waals surface area (Å²) >= 11 is 5.40. The number of aliphatic hydroxyl groups is 1. The third kappa shape index (κ3) is 1.69. The van der Waals surface area contributed by atoms with Gasteiger partial charge in [-0.2, -0.15) is 5.26 Å². The van der Waals surface area contributed by atoms with Crippen LogP contribution in [-0.2, 0) is 0 Å². The first-order valence-electron chi connectivity index (χ1n) is 2.28. The summed E-state index contributed by atoms with van der Waals surface area (Å²) in [5.41, 5.74) is -1.39. The Labute approximate surface area is 53.7 Å². The van der Waals surface area contributed by atoms with E-state index in [0.717, 1.165) is 0 Å². The molecule has 0 aromatic heterocycles. The molecule has 0 saturated carbocycles. The lowest BCUT2D eigenvalue weighted by Crippen LogP contribution is -2.31. The molecule has 8 heavy (non-hydrogen) atoms. The predicted octanol–water partition coefficient (Wildman–Crippen LogP) is 0.888. The van der Waals surface area contributed by atoms with Crippen LogP contribution in [0.15, 0.2) is 0 Å². The molecular formula is C5H8ClNO. The van der Waals surface area contributed by atoms with Crippen molar-refractivity contribution in [2.75, 3.05) is 0 Å². The third-order valence-corrected chi connectivity index (χ3v) is 1.43. The number of halogens is 1. The maximum atomic E-state index is 8.91. The fourth-order valence-corrected chi connectivity index (χ4v) is 0.138. The average Bonchev–Trinajstić information content (AvgIpc) is 1.67. The van der Waals surface area contributed by atoms with Crippen molar-refractivity contribution in [1.82, 2.24) is 0 Å². The number of hydrogen-bond acceptors (Lipinski definition) is 2. The quantitative estimate of drug-likeness (QED) is 0.427. The Morgan fingerprint density at radius 3 is 2.25 bits per heavy atom. The lowest BCUT2D eigenvalue weighted by atomic mass is 10.1. The molecule has 0 aliphatic rings. The molecule has 2 atom stereocenters. The Hall–Kier alpha value is -0.260. The number of hydrogen-bond donors (Lipinski definition) is 1. The minimum atomic E-state index is -1.39. The normalized spacial score (nSPS) is 20.9. The van der Waals surface area contributed by atoms with Gasteiger partial charge in [0.2, 0.25) is 0 Å². The van der Waals surface area contributed by atoms with Crippen molar-refractivity contribution in [3.05, 3.63) is 0 Å². The van der Waals surface area contributed by atoms with Gasteiger partial charge in [-0.15, -0.1) is 11.6 Å². The molecule has 0 amide bonds. The van der Waals surface area contributed by atoms with E-state index in [-0.39, 0.29) is 0 Å². The van der Waals surface area contributed by atoms with Crippen LogP contribution in [0.25, 0.3) is 0 Å². The first kappa shape index (κ1) is 7.74. The fourth-order valence-electron chi connectivity index (χ4n) is 0.0889. The van der Waals surface area contributed by atoms with E-state index < -0.39 is 11.0 Å². The van der Waals surface area contributed by atoms with Crippen LogP contribution in [0.3, 0.4) is 0 Å². The van der Waals surface area contributed by atoms with E-state index in [0.29, 0.717) is 0 Å². The zero-order valence-electron chi connectivity index (χ0n) is 4.85. The topological polar surface area (TPSA) is 44.0 Å². The highest BCUT2D eigenvalue weighted by Gasteiger charge is 2.25. The molecule has 0 aliphatic carbocycles. The second kappa shape index (κ2) is 2.34. The first-order valence-corrected chi connectivity index (χ1v) is 2.72. The minimum absolute atomic E-state index is 0.521. The van der Waals surface area contributed by atoms with Crippen molar-refractivity contribution in [3.63, 3.8) is 0 Å². The number of nitrogens with zero attached hydrogens (tertiary/aromatic N) is 1. The van der Waals surface area contributed by atoms with Gasteiger partial charge in [-0.3, -0.25) is 0 Å². The zero-order chi connectivity index (χ0) is 6.78. The molecule has 0 bridgehead atoms. The Morgan fingerprint density at radius 2 is 2.25 bits per heavy atom. The lowest BCUT2D eigenvalue weighted by Gasteiger charge is -2.15. The van der Waals surface area contributed by atoms with Gasteiger partial charge in [-0.1, -0.05) is 0 Å². The average molecular weight is 134 g/mol. The SMILES string of the molecule is CC(Cl)C(C)(O)C#N. The van der Waals surface area contributed by atoms with Gasteiger partial charge in [-0.05, 0) is 13.8 Å². The molecule has 0 saturated heterocycles. The highest BCUT2D eigenvalue weighted by molar-refractivity contribution is 6.21. The van der Waals surface area contributed by atoms with Gasteiger partial charge < -0.3 is 5.11 Å². The van der Waals surface area contributed by atoms with Crippen LogP contribution in [0.1, 0.15) is 13.8 Å². The summed E-state index contributed by atoms with van der Waals surface area (Å²) in [5, 5.41) is 16.6. The molecule has 1 N–H and O–H groups in total. The monoisotopic (exact) mass is 133 g/mol. The summed E-state index contributed by atoms with van der Waals surface area (Å²) < 4.78 is 0. The maximum Gasteiger partial charge on any atom is 0.164 e. The molecule has 3 heteroatoms. The Bertz CT molecular complexity index is 114. The van der Waals surface area contributed by atoms with Crippen molar-refractivity contribution in [1.29, 1.82) is 5.26 Å². The van der Waals surface area contributed by atoms with Crippen molar-refractivity contribution in [2.45, 2.75) is 24.8 Å². The molecule has 0 aromatic carbocycles. The second-order valence-corrected chi connectivity index (χ2v) is 2.53. The molecule has 46 valence electrons. The molecule has 2 nitrogen and oxygen atoms in total. The van der Waals surface area contributed by atoms with E-state index in [1.54, 1.807) is 13.0 Å². The molecule has 0 rings (SSSR count). The maximum absolute atomic E-state index is 8.91. The van der Waals surface area contributed by atoms with Crippen LogP contribution < -0.4 is 0 Å². The summed E-state index contributed by atoms with van der Waals surface area (Å²) in [6, 6.07) is 1.66. The number of nitriles is 1. The van der Waals surface area contributed by atoms with Gasteiger partial charge in [0.05, 0.1) is 11.4 Å². The van der Waals surface area contributed by atoms with Crippen LogP contribution in [0.5, 0.6) is 0 Å². The van der Waals surface area contributed by atoms with Crippen LogP contribution in [0, 0.1) is 11.3 Å². The number of alkyl halides is 1. The van der Waals surface area contributed by atoms with Gasteiger partial charge in [0.15, 0.2) is 5.60 Å². The van der Waals surface area contributed by atoms with Gasteiger partial charge in [-0.25, -0.2) is 0 Å². The number of rotatable bonds is 1. The van der Waals surface area contributed by atoms with E-state index in [1.807, 2.05) is 0 Å². The highest BCUT2D eigenvalue weighted by Crippen LogP contribution is 2.12. The van der Waals surface area contributed by atoms with Crippen molar-refractivity contribution in [3.8, 4) is 6.07 Å². The zero-order valence-corrected chi connectivity index (χ0v) is 5.61. The Morgan fingerprint density at radius 1 is 1.88 bits per heavy atom. The van der Waals surface area contributed by atoms with E-state index in [2.05, 4.69) is 0 Å². The predicted molar refractivity (Wildman–Crippen MR) is 31.6 cm³/mol. The molecule has 0 fully saturated rings. The molecule has 0 heterocycles. The molecule has 0 aromatic rings. The van der Waals surface area contributed by atoms with Gasteiger partial charge in [0.1, 0.15) is 0 Å². The lowest BCUT2D eigenvalue weighted by molar-refractivity contribution is 0.119. The summed E-state index contributed by atoms with van der Waals surface area (Å²) in [7, 11) is 0. The van der Waals surface area contributed by atoms with Gasteiger partial charge >= 0.3 is 0 Å². The largest absolute Gasteiger partial charge is 0.374 e. The van der Waals surface area contributed by atoms with Crippen LogP contribution in [0.4, 0.5) is 0 Å². The van der Waals surface area contributed by atoms with E-state index in [1.165, 1.54) is 6.92 Å². The van der Waals surface area contributed by atoms with E-state index in [4.69, 9.17) is 22.0 Å². The molecular weight excluding hydrogens is 126 g/mol. The van der Waals surface area contributed by atoms with Crippen molar-refractivity contribution in [2.24, 2.45) is 0 Å². The van der Waals surface area contributed by atoms with E-state index in [9.17, 15) is 0 Å². The molecule has 0 radical (unpaired) electrons. The molecule has 0 spiro atoms. The summed E-state index contributed by atoms with van der Waals surface area (Å²) in [6.07, 6.45) is 0. The smallest absolute Gasteiger partial charge is 0.164 e. The highest BCUT2D eigenvalue weighted by atomic mass is 35.5. The van der Waals surface area contributed by atoms with Crippen LogP contribution >= 0.6 is 11.6 Å². The Kier molecular flexibility index (Phi) is 2.26. The van der Waals surface area contributed by atoms with Crippen molar-refractivity contribution >= 4 is 11.6 Å². The molecule has 2 unspecified atom stereocenters. The fraction of sp³-hybridized carbons (Fsp3) is 0.800. The van der Waals surface area contributed by atoms with Gasteiger partial charge in [0.25, 0.3) is 0 Å². The molecule has 0 aliphatic heterocycles. The second-order valence-electron chi connectivity index (χ2n) is 1.88. The minimum Gasteiger partial charge on any atom is -0.374 e. The van der Waals surface area contributed by atoms with Crippen molar-refractivity contribution < 1.29 is 5.11 Å². The van der Waals surface area contributed by atoms with Crippen LogP contribution in [0.2, 0.25) is 0 Å². The van der Waals surface area contributed by atoms with Crippen LogP contribution in [-0.4, -0.2) is 16.1 Å². The summed E-state index contributed by atoms with van der Waals surface area (Å²) in [6.45, 7) is 2.95. The van der Waals surface area contributed by atoms with E-state index >= 15 is 0 Å².